The van der Waals surface area contributed by atoms with Crippen LogP contribution in [0.4, 0.5) is 9.59 Å². The molecule has 4 aromatic carbocycles. The number of hydrogen-bond acceptors (Lipinski definition) is 9. The highest BCUT2D eigenvalue weighted by Crippen LogP contribution is 2.34. The molecule has 0 saturated carbocycles. The van der Waals surface area contributed by atoms with Gasteiger partial charge in [-0.25, -0.2) is 27.0 Å². The number of aromatic nitrogens is 2. The third-order valence-corrected chi connectivity index (χ3v) is 12.5. The molecular formula is C48H50N6O8S. The summed E-state index contributed by atoms with van der Waals surface area (Å²) in [5.41, 5.74) is 2.08. The highest BCUT2D eigenvalue weighted by molar-refractivity contribution is 7.90. The first kappa shape index (κ1) is 44.1. The van der Waals surface area contributed by atoms with Gasteiger partial charge in [0.25, 0.3) is 15.9 Å². The first-order chi connectivity index (χ1) is 30.1. The number of amides is 4. The second kappa shape index (κ2) is 18.6. The summed E-state index contributed by atoms with van der Waals surface area (Å²) in [5.74, 6) is 5.52. The summed E-state index contributed by atoms with van der Waals surface area (Å²) in [6.45, 7) is 7.65. The lowest BCUT2D eigenvalue weighted by atomic mass is 9.92. The molecule has 2 aliphatic rings. The molecule has 2 fully saturated rings. The number of nitrogens with zero attached hydrogens (tertiary/aromatic N) is 5. The van der Waals surface area contributed by atoms with Crippen LogP contribution in [-0.4, -0.2) is 106 Å². The summed E-state index contributed by atoms with van der Waals surface area (Å²) in [6.07, 6.45) is 1.18. The van der Waals surface area contributed by atoms with E-state index >= 15 is 0 Å². The van der Waals surface area contributed by atoms with Crippen LogP contribution in [-0.2, 0) is 37.3 Å². The number of carbonyl (C=O) groups excluding carboxylic acids is 4. The zero-order valence-electron chi connectivity index (χ0n) is 35.7. The Bertz CT molecular complexity index is 2620. The molecule has 15 heteroatoms. The normalized spacial score (nSPS) is 16.8. The molecule has 4 amide bonds. The van der Waals surface area contributed by atoms with E-state index in [1.54, 1.807) is 71.9 Å². The van der Waals surface area contributed by atoms with Crippen LogP contribution in [0.2, 0.25) is 0 Å². The van der Waals surface area contributed by atoms with Gasteiger partial charge in [0.05, 0.1) is 16.1 Å². The first-order valence-electron chi connectivity index (χ1n) is 20.7. The number of benzene rings is 4. The van der Waals surface area contributed by atoms with Crippen molar-refractivity contribution < 1.29 is 37.1 Å². The minimum absolute atomic E-state index is 0.0206. The molecule has 1 aromatic heterocycles. The number of ether oxygens (including phenoxy) is 2. The Morgan fingerprint density at radius 3 is 2.11 bits per heavy atom. The Morgan fingerprint density at radius 1 is 0.810 bits per heavy atom. The third kappa shape index (κ3) is 10.8. The number of hydrogen-bond donors (Lipinski definition) is 1. The molecule has 2 saturated heterocycles. The van der Waals surface area contributed by atoms with Crippen LogP contribution in [0.3, 0.4) is 0 Å². The average molecular weight is 871 g/mol. The standard InChI is InChI=1S/C48H50N6O8S/c1-35-15-23-41(24-16-35)63(59,60)53-30-40(49-34-53)29-42(50-45(57)62-47(2,3)4)44(56)51-26-25-48(32-51)33-52(27-28-54(48)46(58)61-31-38-13-9-6-10-14-38)43(55)39-21-19-37(20-22-39)18-17-36-11-7-5-8-12-36/h5-16,19-24,30,34,42H,25-29,31-33H2,1-4H3,(H,50,57). The van der Waals surface area contributed by atoms with E-state index in [9.17, 15) is 27.6 Å². The van der Waals surface area contributed by atoms with Crippen LogP contribution in [0.1, 0.15) is 65.5 Å². The molecule has 1 N–H and O–H groups in total. The van der Waals surface area contributed by atoms with E-state index in [-0.39, 0.29) is 62.2 Å². The molecule has 3 heterocycles. The molecule has 63 heavy (non-hydrogen) atoms. The highest BCUT2D eigenvalue weighted by Gasteiger charge is 2.52. The average Bonchev–Trinajstić information content (AvgIpc) is 3.93. The molecule has 14 nitrogen and oxygen atoms in total. The van der Waals surface area contributed by atoms with Gasteiger partial charge in [-0.15, -0.1) is 0 Å². The Balaban J connectivity index is 1.12. The quantitative estimate of drug-likeness (QED) is 0.175. The van der Waals surface area contributed by atoms with E-state index < -0.39 is 45.3 Å². The summed E-state index contributed by atoms with van der Waals surface area (Å²) in [4.78, 5) is 65.1. The van der Waals surface area contributed by atoms with Crippen molar-refractivity contribution in [2.24, 2.45) is 0 Å². The van der Waals surface area contributed by atoms with Crippen molar-refractivity contribution in [3.8, 4) is 11.8 Å². The fourth-order valence-corrected chi connectivity index (χ4v) is 8.82. The van der Waals surface area contributed by atoms with Gasteiger partial charge >= 0.3 is 12.2 Å². The number of aryl methyl sites for hydroxylation is 1. The van der Waals surface area contributed by atoms with Crippen molar-refractivity contribution in [2.45, 2.75) is 69.2 Å². The monoisotopic (exact) mass is 870 g/mol. The molecule has 2 atom stereocenters. The van der Waals surface area contributed by atoms with Crippen molar-refractivity contribution in [2.75, 3.05) is 32.7 Å². The number of piperazine rings is 1. The molecule has 0 radical (unpaired) electrons. The number of rotatable bonds is 9. The van der Waals surface area contributed by atoms with Crippen molar-refractivity contribution in [1.82, 2.24) is 29.0 Å². The fraction of sp³-hybridized carbons (Fsp3) is 0.312. The second-order valence-corrected chi connectivity index (χ2v) is 18.6. The SMILES string of the molecule is Cc1ccc(S(=O)(=O)n2cnc(CC(NC(=O)OC(C)(C)C)C(=O)N3CCC4(CN(C(=O)c5ccc(C#Cc6ccccc6)cc5)CCN4C(=O)OCc4ccccc4)C3)c2)cc1. The van der Waals surface area contributed by atoms with E-state index in [2.05, 4.69) is 22.1 Å². The van der Waals surface area contributed by atoms with E-state index in [1.807, 2.05) is 67.6 Å². The summed E-state index contributed by atoms with van der Waals surface area (Å²) < 4.78 is 39.2. The third-order valence-electron chi connectivity index (χ3n) is 10.9. The number of alkyl carbamates (subject to hydrolysis) is 1. The summed E-state index contributed by atoms with van der Waals surface area (Å²) in [7, 11) is -4.00. The van der Waals surface area contributed by atoms with Crippen molar-refractivity contribution >= 4 is 34.0 Å². The van der Waals surface area contributed by atoms with Gasteiger partial charge in [-0.3, -0.25) is 14.5 Å². The van der Waals surface area contributed by atoms with Gasteiger partial charge in [-0.05, 0) is 88.2 Å². The van der Waals surface area contributed by atoms with Gasteiger partial charge < -0.3 is 24.6 Å². The van der Waals surface area contributed by atoms with Crippen LogP contribution >= 0.6 is 0 Å². The van der Waals surface area contributed by atoms with Crippen LogP contribution < -0.4 is 5.32 Å². The molecule has 326 valence electrons. The largest absolute Gasteiger partial charge is 0.445 e. The maximum Gasteiger partial charge on any atom is 0.410 e. The lowest BCUT2D eigenvalue weighted by Gasteiger charge is -2.48. The van der Waals surface area contributed by atoms with Gasteiger partial charge in [0.15, 0.2) is 0 Å². The van der Waals surface area contributed by atoms with E-state index in [4.69, 9.17) is 9.47 Å². The summed E-state index contributed by atoms with van der Waals surface area (Å²) >= 11 is 0. The summed E-state index contributed by atoms with van der Waals surface area (Å²) in [6, 6.07) is 31.1. The first-order valence-corrected chi connectivity index (χ1v) is 22.1. The highest BCUT2D eigenvalue weighted by atomic mass is 32.2. The Kier molecular flexibility index (Phi) is 13.0. The maximum absolute atomic E-state index is 14.6. The van der Waals surface area contributed by atoms with Crippen LogP contribution in [0.25, 0.3) is 0 Å². The minimum Gasteiger partial charge on any atom is -0.445 e. The maximum atomic E-state index is 14.6. The molecule has 0 bridgehead atoms. The molecule has 2 unspecified atom stereocenters. The molecule has 2 aliphatic heterocycles. The molecule has 1 spiro atoms. The van der Waals surface area contributed by atoms with Gasteiger partial charge in [0.2, 0.25) is 5.91 Å². The van der Waals surface area contributed by atoms with Crippen molar-refractivity contribution in [3.63, 3.8) is 0 Å². The Labute approximate surface area is 367 Å². The van der Waals surface area contributed by atoms with Crippen LogP contribution in [0, 0.1) is 18.8 Å². The number of likely N-dealkylation sites (tertiary alicyclic amines) is 1. The van der Waals surface area contributed by atoms with Gasteiger partial charge in [-0.1, -0.05) is 78.1 Å². The van der Waals surface area contributed by atoms with E-state index in [0.29, 0.717) is 12.0 Å². The summed E-state index contributed by atoms with van der Waals surface area (Å²) in [5, 5.41) is 2.69. The Morgan fingerprint density at radius 2 is 1.44 bits per heavy atom. The van der Waals surface area contributed by atoms with Crippen LogP contribution in [0.15, 0.2) is 127 Å². The molecular weight excluding hydrogens is 821 g/mol. The Hall–Kier alpha value is -6.92. The number of carbonyl (C=O) groups is 4. The van der Waals surface area contributed by atoms with E-state index in [1.165, 1.54) is 18.3 Å². The lowest BCUT2D eigenvalue weighted by molar-refractivity contribution is -0.133. The topological polar surface area (TPSA) is 160 Å². The predicted molar refractivity (Wildman–Crippen MR) is 235 cm³/mol. The van der Waals surface area contributed by atoms with Crippen molar-refractivity contribution in [3.05, 3.63) is 155 Å². The molecule has 0 aliphatic carbocycles. The molecule has 7 rings (SSSR count). The fourth-order valence-electron chi connectivity index (χ4n) is 7.66. The lowest BCUT2D eigenvalue weighted by Crippen LogP contribution is -2.66. The smallest absolute Gasteiger partial charge is 0.410 e. The second-order valence-electron chi connectivity index (χ2n) is 16.8. The number of imidazole rings is 1. The predicted octanol–water partition coefficient (Wildman–Crippen LogP) is 6.03. The van der Waals surface area contributed by atoms with Crippen LogP contribution in [0.5, 0.6) is 0 Å². The van der Waals surface area contributed by atoms with Gasteiger partial charge in [0.1, 0.15) is 24.6 Å². The van der Waals surface area contributed by atoms with Crippen molar-refractivity contribution in [1.29, 1.82) is 0 Å². The van der Waals surface area contributed by atoms with Gasteiger partial charge in [-0.2, -0.15) is 0 Å². The number of nitrogens with one attached hydrogen (secondary N) is 1. The van der Waals surface area contributed by atoms with Gasteiger partial charge in [0, 0.05) is 62.0 Å². The van der Waals surface area contributed by atoms with E-state index in [0.717, 1.165) is 32.6 Å². The zero-order valence-corrected chi connectivity index (χ0v) is 36.5. The minimum atomic E-state index is -4.00. The molecule has 5 aromatic rings. The zero-order chi connectivity index (χ0) is 44.8.